The zero-order chi connectivity index (χ0) is 25.1. The van der Waals surface area contributed by atoms with E-state index in [9.17, 15) is 14.4 Å². The first-order valence-corrected chi connectivity index (χ1v) is 13.6. The molecular weight excluding hydrogens is 500 g/mol. The van der Waals surface area contributed by atoms with E-state index >= 15 is 0 Å². The smallest absolute Gasteiger partial charge is 0.339 e. The number of urea groups is 1. The van der Waals surface area contributed by atoms with Crippen LogP contribution in [-0.2, 0) is 9.53 Å². The SMILES string of the molecule is COC(=O)C1SCCN1C(=O)c1csc(C2CCN(C(=O)Nc3cc(-c4ccccc4)[nH]n3)CC2)n1. The molecule has 2 N–H and O–H groups in total. The van der Waals surface area contributed by atoms with Gasteiger partial charge in [0.05, 0.1) is 17.8 Å². The average molecular weight is 527 g/mol. The van der Waals surface area contributed by atoms with E-state index in [0.29, 0.717) is 36.9 Å². The molecule has 2 aliphatic heterocycles. The van der Waals surface area contributed by atoms with E-state index in [2.05, 4.69) is 20.5 Å². The molecule has 5 rings (SSSR count). The van der Waals surface area contributed by atoms with E-state index in [-0.39, 0.29) is 17.9 Å². The first-order chi connectivity index (χ1) is 17.5. The van der Waals surface area contributed by atoms with Gasteiger partial charge in [-0.1, -0.05) is 30.3 Å². The Hall–Kier alpha value is -3.38. The van der Waals surface area contributed by atoms with Gasteiger partial charge in [-0.05, 0) is 18.4 Å². The Morgan fingerprint density at radius 1 is 1.14 bits per heavy atom. The molecule has 36 heavy (non-hydrogen) atoms. The zero-order valence-electron chi connectivity index (χ0n) is 19.7. The summed E-state index contributed by atoms with van der Waals surface area (Å²) in [6.45, 7) is 1.66. The van der Waals surface area contributed by atoms with Crippen LogP contribution in [0.4, 0.5) is 10.6 Å². The third-order valence-corrected chi connectivity index (χ3v) is 8.51. The molecule has 0 bridgehead atoms. The van der Waals surface area contributed by atoms with Gasteiger partial charge in [-0.3, -0.25) is 15.2 Å². The summed E-state index contributed by atoms with van der Waals surface area (Å²) in [6.07, 6.45) is 1.52. The van der Waals surface area contributed by atoms with Crippen LogP contribution in [0.15, 0.2) is 41.8 Å². The van der Waals surface area contributed by atoms with Crippen LogP contribution >= 0.6 is 23.1 Å². The van der Waals surface area contributed by atoms with Crippen LogP contribution in [-0.4, -0.2) is 80.8 Å². The van der Waals surface area contributed by atoms with Crippen molar-refractivity contribution in [1.29, 1.82) is 0 Å². The van der Waals surface area contributed by atoms with Gasteiger partial charge >= 0.3 is 12.0 Å². The summed E-state index contributed by atoms with van der Waals surface area (Å²) < 4.78 is 4.82. The first-order valence-electron chi connectivity index (χ1n) is 11.7. The fourth-order valence-corrected chi connectivity index (χ4v) is 6.47. The van der Waals surface area contributed by atoms with Crippen LogP contribution < -0.4 is 5.32 Å². The van der Waals surface area contributed by atoms with Gasteiger partial charge in [-0.2, -0.15) is 5.10 Å². The molecule has 188 valence electrons. The molecule has 12 heteroatoms. The van der Waals surface area contributed by atoms with Crippen LogP contribution in [0.5, 0.6) is 0 Å². The van der Waals surface area contributed by atoms with Crippen LogP contribution in [0, 0.1) is 0 Å². The van der Waals surface area contributed by atoms with Gasteiger partial charge in [0.1, 0.15) is 5.69 Å². The number of carbonyl (C=O) groups is 3. The summed E-state index contributed by atoms with van der Waals surface area (Å²) in [6, 6.07) is 11.4. The molecule has 1 aromatic carbocycles. The molecule has 0 aliphatic carbocycles. The highest BCUT2D eigenvalue weighted by Gasteiger charge is 2.37. The van der Waals surface area contributed by atoms with E-state index in [1.54, 1.807) is 10.3 Å². The van der Waals surface area contributed by atoms with Crippen molar-refractivity contribution in [2.75, 3.05) is 37.8 Å². The number of methoxy groups -OCH3 is 1. The number of likely N-dealkylation sites (tertiary alicyclic amines) is 1. The fourth-order valence-electron chi connectivity index (χ4n) is 4.36. The number of amides is 3. The number of aromatic amines is 1. The number of anilines is 1. The van der Waals surface area contributed by atoms with Crippen molar-refractivity contribution in [3.8, 4) is 11.3 Å². The van der Waals surface area contributed by atoms with Crippen molar-refractivity contribution < 1.29 is 19.1 Å². The number of piperidine rings is 1. The number of nitrogens with zero attached hydrogens (tertiary/aromatic N) is 4. The van der Waals surface area contributed by atoms with Gasteiger partial charge in [-0.25, -0.2) is 14.6 Å². The molecule has 3 aromatic rings. The summed E-state index contributed by atoms with van der Waals surface area (Å²) in [5, 5.41) is 12.1. The highest BCUT2D eigenvalue weighted by atomic mass is 32.2. The number of thiazole rings is 1. The second kappa shape index (κ2) is 10.7. The van der Waals surface area contributed by atoms with Crippen molar-refractivity contribution in [2.24, 2.45) is 0 Å². The lowest BCUT2D eigenvalue weighted by atomic mass is 9.98. The minimum Gasteiger partial charge on any atom is -0.467 e. The summed E-state index contributed by atoms with van der Waals surface area (Å²) in [4.78, 5) is 45.6. The molecule has 0 radical (unpaired) electrons. The molecule has 3 amide bonds. The summed E-state index contributed by atoms with van der Waals surface area (Å²) in [5.41, 5.74) is 2.19. The van der Waals surface area contributed by atoms with Crippen molar-refractivity contribution >= 4 is 46.8 Å². The number of aromatic nitrogens is 3. The number of thioether (sulfide) groups is 1. The monoisotopic (exact) mass is 526 g/mol. The van der Waals surface area contributed by atoms with Crippen LogP contribution in [0.3, 0.4) is 0 Å². The van der Waals surface area contributed by atoms with Crippen LogP contribution in [0.2, 0.25) is 0 Å². The number of rotatable bonds is 5. The molecular formula is C24H26N6O4S2. The highest BCUT2D eigenvalue weighted by molar-refractivity contribution is 8.00. The number of carbonyl (C=O) groups excluding carboxylic acids is 3. The van der Waals surface area contributed by atoms with Gasteiger partial charge < -0.3 is 14.5 Å². The lowest BCUT2D eigenvalue weighted by Crippen LogP contribution is -2.41. The molecule has 2 aliphatic rings. The highest BCUT2D eigenvalue weighted by Crippen LogP contribution is 2.32. The predicted molar refractivity (Wildman–Crippen MR) is 138 cm³/mol. The van der Waals surface area contributed by atoms with Crippen molar-refractivity contribution in [1.82, 2.24) is 25.0 Å². The number of hydrogen-bond acceptors (Lipinski definition) is 8. The number of H-pyrrole nitrogens is 1. The van der Waals surface area contributed by atoms with Crippen LogP contribution in [0.25, 0.3) is 11.3 Å². The van der Waals surface area contributed by atoms with Crippen molar-refractivity contribution in [3.63, 3.8) is 0 Å². The largest absolute Gasteiger partial charge is 0.467 e. The molecule has 10 nitrogen and oxygen atoms in total. The summed E-state index contributed by atoms with van der Waals surface area (Å²) >= 11 is 2.86. The normalized spacial score (nSPS) is 18.3. The Morgan fingerprint density at radius 2 is 1.92 bits per heavy atom. The Kier molecular flexibility index (Phi) is 7.23. The molecule has 2 aromatic heterocycles. The maximum absolute atomic E-state index is 13.0. The Morgan fingerprint density at radius 3 is 2.67 bits per heavy atom. The average Bonchev–Trinajstić information content (AvgIpc) is 3.69. The van der Waals surface area contributed by atoms with E-state index in [4.69, 9.17) is 4.74 Å². The Labute approximate surface area is 216 Å². The molecule has 0 spiro atoms. The quantitative estimate of drug-likeness (QED) is 0.487. The van der Waals surface area contributed by atoms with E-state index < -0.39 is 11.3 Å². The molecule has 2 saturated heterocycles. The van der Waals surface area contributed by atoms with Gasteiger partial charge in [0.25, 0.3) is 5.91 Å². The molecule has 0 saturated carbocycles. The summed E-state index contributed by atoms with van der Waals surface area (Å²) in [5.74, 6) is 0.686. The van der Waals surface area contributed by atoms with Crippen molar-refractivity contribution in [3.05, 3.63) is 52.5 Å². The molecule has 1 atom stereocenters. The third-order valence-electron chi connectivity index (χ3n) is 6.32. The number of ether oxygens (including phenoxy) is 1. The van der Waals surface area contributed by atoms with E-state index in [1.807, 2.05) is 36.4 Å². The third kappa shape index (κ3) is 5.09. The standard InChI is InChI=1S/C24H26N6O4S2/c1-34-23(32)22-30(11-12-35-22)21(31)18-14-36-20(25-18)16-7-9-29(10-8-16)24(33)26-19-13-17(27-28-19)15-5-3-2-4-6-15/h2-6,13-14,16,22H,7-12H2,1H3,(H2,26,27,28,33). The second-order valence-corrected chi connectivity index (χ2v) is 10.6. The lowest BCUT2D eigenvalue weighted by molar-refractivity contribution is -0.142. The number of nitrogens with one attached hydrogen (secondary N) is 2. The molecule has 4 heterocycles. The van der Waals surface area contributed by atoms with Crippen LogP contribution in [0.1, 0.15) is 34.3 Å². The Balaban J connectivity index is 1.15. The van der Waals surface area contributed by atoms with Gasteiger partial charge in [0.15, 0.2) is 11.2 Å². The minimum absolute atomic E-state index is 0.181. The maximum Gasteiger partial charge on any atom is 0.339 e. The second-order valence-electron chi connectivity index (χ2n) is 8.54. The maximum atomic E-state index is 13.0. The van der Waals surface area contributed by atoms with Gasteiger partial charge in [-0.15, -0.1) is 23.1 Å². The number of esters is 1. The van der Waals surface area contributed by atoms with Gasteiger partial charge in [0.2, 0.25) is 0 Å². The minimum atomic E-state index is -0.618. The van der Waals surface area contributed by atoms with Gasteiger partial charge in [0, 0.05) is 42.8 Å². The first kappa shape index (κ1) is 24.3. The summed E-state index contributed by atoms with van der Waals surface area (Å²) in [7, 11) is 1.33. The van der Waals surface area contributed by atoms with E-state index in [0.717, 1.165) is 29.1 Å². The number of hydrogen-bond donors (Lipinski definition) is 2. The topological polar surface area (TPSA) is 121 Å². The Bertz CT molecular complexity index is 1240. The van der Waals surface area contributed by atoms with Crippen molar-refractivity contribution in [2.45, 2.75) is 24.1 Å². The lowest BCUT2D eigenvalue weighted by Gasteiger charge is -2.30. The fraction of sp³-hybridized carbons (Fsp3) is 0.375. The predicted octanol–water partition coefficient (Wildman–Crippen LogP) is 3.63. The molecule has 2 fully saturated rings. The zero-order valence-corrected chi connectivity index (χ0v) is 21.3. The molecule has 1 unspecified atom stereocenters. The van der Waals surface area contributed by atoms with E-state index in [1.165, 1.54) is 35.1 Å². The number of benzene rings is 1.